The van der Waals surface area contributed by atoms with Gasteiger partial charge in [-0.3, -0.25) is 19.9 Å². The Morgan fingerprint density at radius 1 is 0.222 bits per heavy atom. The van der Waals surface area contributed by atoms with Crippen molar-refractivity contribution < 1.29 is 0 Å². The van der Waals surface area contributed by atoms with Gasteiger partial charge in [-0.05, 0) is 95.1 Å². The summed E-state index contributed by atoms with van der Waals surface area (Å²) in [6, 6.07) is 57.7. The number of nitrogens with zero attached hydrogens (tertiary/aromatic N) is 6. The average Bonchev–Trinajstić information content (AvgIpc) is 3.27. The molecule has 0 aliphatic rings. The molecule has 0 fully saturated rings. The van der Waals surface area contributed by atoms with E-state index in [9.17, 15) is 0 Å². The lowest BCUT2D eigenvalue weighted by molar-refractivity contribution is 1.24. The molecule has 6 heteroatoms. The van der Waals surface area contributed by atoms with Gasteiger partial charge in [-0.25, -0.2) is 9.97 Å². The van der Waals surface area contributed by atoms with E-state index in [0.29, 0.717) is 0 Å². The second kappa shape index (κ2) is 14.7. The average molecular weight is 693 g/mol. The molecule has 0 atom stereocenters. The first-order chi connectivity index (χ1) is 26.7. The molecule has 9 aromatic rings. The van der Waals surface area contributed by atoms with Crippen LogP contribution >= 0.6 is 0 Å². The summed E-state index contributed by atoms with van der Waals surface area (Å²) >= 11 is 0. The summed E-state index contributed by atoms with van der Waals surface area (Å²) < 4.78 is 0. The Kier molecular flexibility index (Phi) is 8.81. The van der Waals surface area contributed by atoms with E-state index in [1.54, 1.807) is 12.4 Å². The van der Waals surface area contributed by atoms with Crippen LogP contribution in [0.4, 0.5) is 0 Å². The lowest BCUT2D eigenvalue weighted by Crippen LogP contribution is -1.92. The van der Waals surface area contributed by atoms with Crippen molar-refractivity contribution in [1.82, 2.24) is 29.9 Å². The van der Waals surface area contributed by atoms with Crippen LogP contribution in [0.15, 0.2) is 195 Å². The topological polar surface area (TPSA) is 77.3 Å². The van der Waals surface area contributed by atoms with Crippen LogP contribution in [0.2, 0.25) is 0 Å². The molecule has 0 saturated heterocycles. The Morgan fingerprint density at radius 2 is 0.593 bits per heavy atom. The SMILES string of the molecule is c1ccc(-c2ccc(-c3cccc(-c4ccc(-c5ccccc5-c5ccc(-c6cccc(-c7ccc(-c8ccccn8)cn7)n6)cc5)cc4)n3)nc2)nc1. The van der Waals surface area contributed by atoms with Crippen LogP contribution in [-0.2, 0) is 0 Å². The Hall–Kier alpha value is -7.44. The second-order valence-electron chi connectivity index (χ2n) is 12.8. The summed E-state index contributed by atoms with van der Waals surface area (Å²) in [5, 5.41) is 0. The standard InChI is InChI=1S/C48H32N6/c1-2-10-40(34-19-23-36(24-20-34)44-14-8-16-48(54-44)46-28-26-38(32-52-46)42-12-4-6-30-50-42)39(9-1)33-17-21-35(22-18-33)43-13-7-15-47(53-43)45-27-25-37(31-51-45)41-11-3-5-29-49-41/h1-32H. The Bertz CT molecular complexity index is 2470. The van der Waals surface area contributed by atoms with E-state index in [1.165, 1.54) is 0 Å². The summed E-state index contributed by atoms with van der Waals surface area (Å²) in [6.07, 6.45) is 7.28. The smallest absolute Gasteiger partial charge is 0.0893 e. The minimum absolute atomic E-state index is 0.820. The normalized spacial score (nSPS) is 11.0. The maximum Gasteiger partial charge on any atom is 0.0893 e. The molecule has 0 saturated carbocycles. The number of aromatic nitrogens is 6. The largest absolute Gasteiger partial charge is 0.256 e. The van der Waals surface area contributed by atoms with E-state index >= 15 is 0 Å². The Balaban J connectivity index is 0.930. The van der Waals surface area contributed by atoms with Gasteiger partial charge in [0.15, 0.2) is 0 Å². The van der Waals surface area contributed by atoms with E-state index in [-0.39, 0.29) is 0 Å². The van der Waals surface area contributed by atoms with Gasteiger partial charge in [-0.1, -0.05) is 97.1 Å². The predicted molar refractivity (Wildman–Crippen MR) is 217 cm³/mol. The molecule has 0 radical (unpaired) electrons. The molecule has 3 aromatic carbocycles. The maximum atomic E-state index is 4.96. The fraction of sp³-hybridized carbons (Fsp3) is 0. The molecule has 6 nitrogen and oxygen atoms in total. The highest BCUT2D eigenvalue weighted by atomic mass is 14.8. The van der Waals surface area contributed by atoms with Gasteiger partial charge < -0.3 is 0 Å². The van der Waals surface area contributed by atoms with Crippen LogP contribution in [0.1, 0.15) is 0 Å². The third-order valence-electron chi connectivity index (χ3n) is 9.38. The number of pyridine rings is 6. The van der Waals surface area contributed by atoms with Crippen LogP contribution in [0.3, 0.4) is 0 Å². The molecule has 0 unspecified atom stereocenters. The minimum Gasteiger partial charge on any atom is -0.256 e. The maximum absolute atomic E-state index is 4.96. The van der Waals surface area contributed by atoms with Crippen LogP contribution in [0, 0.1) is 0 Å². The molecule has 0 N–H and O–H groups in total. The summed E-state index contributed by atoms with van der Waals surface area (Å²) in [6.45, 7) is 0. The third kappa shape index (κ3) is 6.79. The van der Waals surface area contributed by atoms with Crippen LogP contribution in [0.5, 0.6) is 0 Å². The fourth-order valence-electron chi connectivity index (χ4n) is 6.56. The minimum atomic E-state index is 0.820. The zero-order valence-electron chi connectivity index (χ0n) is 29.2. The summed E-state index contributed by atoms with van der Waals surface area (Å²) in [5.74, 6) is 0. The van der Waals surface area contributed by atoms with Crippen LogP contribution in [-0.4, -0.2) is 29.9 Å². The van der Waals surface area contributed by atoms with Crippen molar-refractivity contribution in [3.63, 3.8) is 0 Å². The first-order valence-electron chi connectivity index (χ1n) is 17.8. The van der Waals surface area contributed by atoms with Gasteiger partial charge in [-0.2, -0.15) is 0 Å². The molecule has 0 aliphatic heterocycles. The van der Waals surface area contributed by atoms with Crippen molar-refractivity contribution in [3.05, 3.63) is 195 Å². The highest BCUT2D eigenvalue weighted by Crippen LogP contribution is 2.35. The van der Waals surface area contributed by atoms with E-state index in [1.807, 2.05) is 109 Å². The van der Waals surface area contributed by atoms with E-state index in [2.05, 4.69) is 82.8 Å². The first-order valence-corrected chi connectivity index (χ1v) is 17.8. The molecule has 6 aromatic heterocycles. The van der Waals surface area contributed by atoms with Crippen molar-refractivity contribution in [1.29, 1.82) is 0 Å². The van der Waals surface area contributed by atoms with Gasteiger partial charge >= 0.3 is 0 Å². The van der Waals surface area contributed by atoms with Gasteiger partial charge in [0.2, 0.25) is 0 Å². The fourth-order valence-corrected chi connectivity index (χ4v) is 6.56. The summed E-state index contributed by atoms with van der Waals surface area (Å²) in [7, 11) is 0. The van der Waals surface area contributed by atoms with Crippen molar-refractivity contribution >= 4 is 0 Å². The number of rotatable bonds is 8. The Labute approximate surface area is 313 Å². The van der Waals surface area contributed by atoms with Gasteiger partial charge in [0.05, 0.1) is 45.6 Å². The van der Waals surface area contributed by atoms with Gasteiger partial charge in [0, 0.05) is 47.0 Å². The van der Waals surface area contributed by atoms with Crippen molar-refractivity contribution in [3.8, 4) is 90.1 Å². The van der Waals surface area contributed by atoms with Crippen molar-refractivity contribution in [2.24, 2.45) is 0 Å². The second-order valence-corrected chi connectivity index (χ2v) is 12.8. The molecular formula is C48H32N6. The molecule has 254 valence electrons. The van der Waals surface area contributed by atoms with Gasteiger partial charge in [0.1, 0.15) is 0 Å². The number of hydrogen-bond acceptors (Lipinski definition) is 6. The van der Waals surface area contributed by atoms with E-state index in [0.717, 1.165) is 90.1 Å². The number of benzene rings is 3. The van der Waals surface area contributed by atoms with Gasteiger partial charge in [-0.15, -0.1) is 0 Å². The summed E-state index contributed by atoms with van der Waals surface area (Å²) in [5.41, 5.74) is 15.5. The quantitative estimate of drug-likeness (QED) is 0.158. The summed E-state index contributed by atoms with van der Waals surface area (Å²) in [4.78, 5) is 28.2. The molecule has 0 spiro atoms. The zero-order valence-corrected chi connectivity index (χ0v) is 29.2. The monoisotopic (exact) mass is 692 g/mol. The first kappa shape index (κ1) is 32.5. The Morgan fingerprint density at radius 3 is 0.981 bits per heavy atom. The lowest BCUT2D eigenvalue weighted by atomic mass is 9.93. The highest BCUT2D eigenvalue weighted by molar-refractivity contribution is 5.85. The molecule has 6 heterocycles. The lowest BCUT2D eigenvalue weighted by Gasteiger charge is -2.12. The van der Waals surface area contributed by atoms with Crippen molar-refractivity contribution in [2.75, 3.05) is 0 Å². The predicted octanol–water partition coefficient (Wildman–Crippen LogP) is 11.4. The third-order valence-corrected chi connectivity index (χ3v) is 9.38. The molecule has 54 heavy (non-hydrogen) atoms. The van der Waals surface area contributed by atoms with Crippen molar-refractivity contribution in [2.45, 2.75) is 0 Å². The van der Waals surface area contributed by atoms with E-state index in [4.69, 9.17) is 19.9 Å². The van der Waals surface area contributed by atoms with Crippen LogP contribution < -0.4 is 0 Å². The van der Waals surface area contributed by atoms with Crippen LogP contribution in [0.25, 0.3) is 90.1 Å². The molecular weight excluding hydrogens is 661 g/mol. The molecule has 0 bridgehead atoms. The highest BCUT2D eigenvalue weighted by Gasteiger charge is 2.11. The zero-order chi connectivity index (χ0) is 36.1. The molecule has 9 rings (SSSR count). The molecule has 0 amide bonds. The molecule has 0 aliphatic carbocycles. The van der Waals surface area contributed by atoms with Gasteiger partial charge in [0.25, 0.3) is 0 Å². The van der Waals surface area contributed by atoms with E-state index < -0.39 is 0 Å². The number of hydrogen-bond donors (Lipinski definition) is 0.